The number of hydrogen-bond acceptors (Lipinski definition) is 8. The van der Waals surface area contributed by atoms with Crippen LogP contribution in [0.5, 0.6) is 5.75 Å². The number of halogens is 1. The Morgan fingerprint density at radius 3 is 2.46 bits per heavy atom. The number of aromatic nitrogens is 6. The number of carboxylic acid groups (broad SMARTS) is 1. The molecule has 50 heavy (non-hydrogen) atoms. The fourth-order valence-electron chi connectivity index (χ4n) is 5.90. The molecule has 0 aliphatic carbocycles. The minimum atomic E-state index is -1.01. The Kier molecular flexibility index (Phi) is 10.2. The number of pyridine rings is 1. The summed E-state index contributed by atoms with van der Waals surface area (Å²) in [5.41, 5.74) is 12.3. The highest BCUT2D eigenvalue weighted by Gasteiger charge is 2.25. The van der Waals surface area contributed by atoms with Gasteiger partial charge in [0.05, 0.1) is 66.7 Å². The highest BCUT2D eigenvalue weighted by molar-refractivity contribution is 6.12. The number of benzene rings is 2. The van der Waals surface area contributed by atoms with Gasteiger partial charge < -0.3 is 30.8 Å². The molecule has 0 unspecified atom stereocenters. The fourth-order valence-corrected chi connectivity index (χ4v) is 5.90. The minimum Gasteiger partial charge on any atom is -0.493 e. The van der Waals surface area contributed by atoms with Gasteiger partial charge in [0.2, 0.25) is 0 Å². The first kappa shape index (κ1) is 33.9. The summed E-state index contributed by atoms with van der Waals surface area (Å²) in [5, 5.41) is 20.8. The van der Waals surface area contributed by atoms with E-state index in [1.165, 1.54) is 34.8 Å². The van der Waals surface area contributed by atoms with Gasteiger partial charge in [-0.3, -0.25) is 14.2 Å². The number of ether oxygens (including phenoxy) is 1. The molecule has 0 spiro atoms. The Bertz CT molecular complexity index is 2100. The number of methoxy groups -OCH3 is 1. The van der Waals surface area contributed by atoms with E-state index in [1.807, 2.05) is 12.1 Å². The molecule has 5 heterocycles. The number of rotatable bonds is 9. The number of carbonyl (C=O) groups excluding carboxylic acids is 1. The number of anilines is 2. The number of carboxylic acids is 1. The second kappa shape index (κ2) is 15.0. The van der Waals surface area contributed by atoms with Gasteiger partial charge in [-0.1, -0.05) is 36.4 Å². The van der Waals surface area contributed by atoms with Gasteiger partial charge in [0.15, 0.2) is 5.75 Å². The van der Waals surface area contributed by atoms with E-state index >= 15 is 0 Å². The van der Waals surface area contributed by atoms with Crippen LogP contribution in [-0.4, -0.2) is 72.8 Å². The lowest BCUT2D eigenvalue weighted by Gasteiger charge is -2.34. The van der Waals surface area contributed by atoms with E-state index in [1.54, 1.807) is 48.7 Å². The van der Waals surface area contributed by atoms with Crippen LogP contribution in [0.4, 0.5) is 15.8 Å². The third-order valence-corrected chi connectivity index (χ3v) is 8.51. The van der Waals surface area contributed by atoms with Crippen molar-refractivity contribution in [3.05, 3.63) is 119 Å². The van der Waals surface area contributed by atoms with Crippen LogP contribution < -0.4 is 20.7 Å². The van der Waals surface area contributed by atoms with Crippen LogP contribution in [0.2, 0.25) is 0 Å². The number of nitrogens with one attached hydrogen (secondary N) is 2. The van der Waals surface area contributed by atoms with Crippen LogP contribution in [0.1, 0.15) is 50.2 Å². The predicted octanol–water partition coefficient (Wildman–Crippen LogP) is 5.07. The summed E-state index contributed by atoms with van der Waals surface area (Å²) in [6.07, 6.45) is 11.5. The number of carbonyl (C=O) groups is 2. The van der Waals surface area contributed by atoms with Gasteiger partial charge in [0.25, 0.3) is 5.91 Å². The molecule has 1 aliphatic rings. The lowest BCUT2D eigenvalue weighted by molar-refractivity contribution is 0.0696. The van der Waals surface area contributed by atoms with Crippen molar-refractivity contribution < 1.29 is 23.8 Å². The topological polar surface area (TPSA) is 169 Å². The van der Waals surface area contributed by atoms with E-state index in [4.69, 9.17) is 15.6 Å². The molecule has 0 radical (unpaired) electrons. The molecule has 0 bridgehead atoms. The summed E-state index contributed by atoms with van der Waals surface area (Å²) in [5.74, 6) is -0.885. The molecule has 7 rings (SSSR count). The van der Waals surface area contributed by atoms with Crippen molar-refractivity contribution in [3.63, 3.8) is 0 Å². The Morgan fingerprint density at radius 2 is 1.76 bits per heavy atom. The molecule has 1 aliphatic heterocycles. The molecular formula is C36H38FN9O4. The molecule has 1 atom stereocenters. The van der Waals surface area contributed by atoms with Gasteiger partial charge in [0, 0.05) is 37.7 Å². The monoisotopic (exact) mass is 679 g/mol. The van der Waals surface area contributed by atoms with E-state index in [9.17, 15) is 14.0 Å². The van der Waals surface area contributed by atoms with Crippen LogP contribution in [0.3, 0.4) is 0 Å². The van der Waals surface area contributed by atoms with Gasteiger partial charge >= 0.3 is 5.97 Å². The molecule has 6 aromatic rings. The van der Waals surface area contributed by atoms with E-state index in [0.29, 0.717) is 35.7 Å². The molecule has 1 saturated heterocycles. The number of amides is 1. The van der Waals surface area contributed by atoms with Crippen LogP contribution >= 0.6 is 0 Å². The van der Waals surface area contributed by atoms with Crippen LogP contribution in [0, 0.1) is 12.7 Å². The van der Waals surface area contributed by atoms with E-state index < -0.39 is 5.97 Å². The van der Waals surface area contributed by atoms with Crippen molar-refractivity contribution in [3.8, 4) is 5.75 Å². The highest BCUT2D eigenvalue weighted by atomic mass is 19.1. The summed E-state index contributed by atoms with van der Waals surface area (Å²) >= 11 is 0. The molecular weight excluding hydrogens is 641 g/mol. The SMILES string of the molecule is COc1cnc2[nH]cc(NC(=O)c3cnn(Cc4ccccc4C)c3)c2c1N1CCC[C@@H](N)C1.O=C(O)c1cnn(Cc2ccc(F)cc2)c1. The smallest absolute Gasteiger partial charge is 0.338 e. The maximum Gasteiger partial charge on any atom is 0.338 e. The standard InChI is InChI=1S/C25H29N7O2.C11H9FN2O2/c1-16-6-3-4-7-17(16)13-32-14-18(10-29-32)25(33)30-20-11-27-24-22(20)23(21(34-2)12-28-24)31-9-5-8-19(26)15-31;12-10-3-1-8(2-4-10)6-14-7-9(5-13-14)11(15)16/h3-4,6-7,10-12,14,19H,5,8-9,13,15,26H2,1-2H3,(H,27,28)(H,30,33);1-5,7H,6H2,(H,15,16)/t19-;/m1./s1. The maximum absolute atomic E-state index is 13.1. The molecule has 13 nitrogen and oxygen atoms in total. The Balaban J connectivity index is 0.000000226. The Morgan fingerprint density at radius 1 is 1.04 bits per heavy atom. The number of nitrogens with two attached hydrogens (primary N) is 1. The van der Waals surface area contributed by atoms with Gasteiger partial charge in [-0.05, 0) is 48.6 Å². The van der Waals surface area contributed by atoms with E-state index in [-0.39, 0.29) is 23.3 Å². The summed E-state index contributed by atoms with van der Waals surface area (Å²) in [7, 11) is 1.63. The normalized spacial score (nSPS) is 14.2. The van der Waals surface area contributed by atoms with Crippen LogP contribution in [-0.2, 0) is 13.1 Å². The summed E-state index contributed by atoms with van der Waals surface area (Å²) in [4.78, 5) is 33.6. The zero-order valence-corrected chi connectivity index (χ0v) is 27.7. The second-order valence-electron chi connectivity index (χ2n) is 12.1. The van der Waals surface area contributed by atoms with Crippen molar-refractivity contribution in [1.29, 1.82) is 0 Å². The predicted molar refractivity (Wildman–Crippen MR) is 187 cm³/mol. The lowest BCUT2D eigenvalue weighted by Crippen LogP contribution is -2.43. The third-order valence-electron chi connectivity index (χ3n) is 8.51. The van der Waals surface area contributed by atoms with Crippen molar-refractivity contribution in [2.75, 3.05) is 30.4 Å². The first-order valence-electron chi connectivity index (χ1n) is 16.1. The van der Waals surface area contributed by atoms with E-state index in [2.05, 4.69) is 49.4 Å². The molecule has 1 fully saturated rings. The zero-order chi connectivity index (χ0) is 35.2. The highest BCUT2D eigenvalue weighted by Crippen LogP contribution is 2.40. The fraction of sp³-hybridized carbons (Fsp3) is 0.250. The van der Waals surface area contributed by atoms with Gasteiger partial charge in [-0.15, -0.1) is 0 Å². The molecule has 5 N–H and O–H groups in total. The minimum absolute atomic E-state index is 0.0951. The third kappa shape index (κ3) is 7.81. The summed E-state index contributed by atoms with van der Waals surface area (Å²) in [6, 6.07) is 14.2. The van der Waals surface area contributed by atoms with Gasteiger partial charge in [-0.25, -0.2) is 14.2 Å². The summed E-state index contributed by atoms with van der Waals surface area (Å²) in [6.45, 7) is 4.69. The van der Waals surface area contributed by atoms with Crippen molar-refractivity contribution in [2.45, 2.75) is 38.9 Å². The molecule has 14 heteroatoms. The molecule has 1 amide bonds. The zero-order valence-electron chi connectivity index (χ0n) is 27.7. The number of nitrogens with zero attached hydrogens (tertiary/aromatic N) is 6. The lowest BCUT2D eigenvalue weighted by atomic mass is 10.0. The second-order valence-corrected chi connectivity index (χ2v) is 12.1. The number of aryl methyl sites for hydroxylation is 1. The Hall–Kier alpha value is -6.02. The van der Waals surface area contributed by atoms with E-state index in [0.717, 1.165) is 48.1 Å². The Labute approximate surface area is 287 Å². The quantitative estimate of drug-likeness (QED) is 0.163. The number of aromatic carboxylic acids is 1. The maximum atomic E-state index is 13.1. The summed E-state index contributed by atoms with van der Waals surface area (Å²) < 4.78 is 21.5. The average Bonchev–Trinajstić information content (AvgIpc) is 3.88. The van der Waals surface area contributed by atoms with Crippen molar-refractivity contribution in [2.24, 2.45) is 5.73 Å². The largest absolute Gasteiger partial charge is 0.493 e. The first-order valence-corrected chi connectivity index (χ1v) is 16.1. The van der Waals surface area contributed by atoms with Crippen molar-refractivity contribution in [1.82, 2.24) is 29.5 Å². The van der Waals surface area contributed by atoms with Gasteiger partial charge in [0.1, 0.15) is 11.5 Å². The number of fused-ring (bicyclic) bond motifs is 1. The first-order chi connectivity index (χ1) is 24.2. The number of aromatic amines is 1. The number of hydrogen-bond donors (Lipinski definition) is 4. The molecule has 0 saturated carbocycles. The molecule has 2 aromatic carbocycles. The molecule has 4 aromatic heterocycles. The van der Waals surface area contributed by atoms with Crippen LogP contribution in [0.25, 0.3) is 11.0 Å². The average molecular weight is 680 g/mol. The number of piperidine rings is 1. The van der Waals surface area contributed by atoms with Crippen molar-refractivity contribution >= 4 is 34.3 Å². The number of H-pyrrole nitrogens is 1. The van der Waals surface area contributed by atoms with Gasteiger partial charge in [-0.2, -0.15) is 10.2 Å². The molecule has 258 valence electrons. The van der Waals surface area contributed by atoms with Crippen LogP contribution in [0.15, 0.2) is 85.7 Å².